The van der Waals surface area contributed by atoms with E-state index in [1.807, 2.05) is 37.3 Å². The summed E-state index contributed by atoms with van der Waals surface area (Å²) in [5, 5.41) is 0. The number of hydrogen-bond acceptors (Lipinski definition) is 2. The molecule has 1 atom stereocenters. The Bertz CT molecular complexity index is 409. The van der Waals surface area contributed by atoms with Crippen LogP contribution in [-0.4, -0.2) is 5.97 Å². The van der Waals surface area contributed by atoms with E-state index in [-0.39, 0.29) is 11.9 Å². The van der Waals surface area contributed by atoms with Gasteiger partial charge in [0.2, 0.25) is 0 Å². The Hall–Kier alpha value is -1.31. The Kier molecular flexibility index (Phi) is 7.49. The molecule has 1 unspecified atom stereocenters. The summed E-state index contributed by atoms with van der Waals surface area (Å²) in [4.78, 5) is 12.1. The van der Waals surface area contributed by atoms with Crippen molar-refractivity contribution in [1.29, 1.82) is 0 Å². The van der Waals surface area contributed by atoms with Gasteiger partial charge in [0, 0.05) is 0 Å². The molecule has 0 radical (unpaired) electrons. The van der Waals surface area contributed by atoms with E-state index in [0.717, 1.165) is 12.8 Å². The molecule has 0 saturated carbocycles. The Balaban J connectivity index is 2.35. The van der Waals surface area contributed by atoms with Crippen LogP contribution in [0.2, 0.25) is 0 Å². The van der Waals surface area contributed by atoms with E-state index in [2.05, 4.69) is 20.8 Å². The average molecular weight is 290 g/mol. The van der Waals surface area contributed by atoms with E-state index >= 15 is 0 Å². The van der Waals surface area contributed by atoms with Crippen molar-refractivity contribution in [1.82, 2.24) is 0 Å². The summed E-state index contributed by atoms with van der Waals surface area (Å²) in [6.45, 7) is 8.80. The van der Waals surface area contributed by atoms with Gasteiger partial charge in [0.05, 0.1) is 5.92 Å². The van der Waals surface area contributed by atoms with E-state index in [4.69, 9.17) is 4.74 Å². The minimum Gasteiger partial charge on any atom is -0.426 e. The number of para-hydroxylation sites is 1. The standard InChI is InChI=1S/C19H30O2/c1-5-6-10-14-19(3,4)15-13-16(2)18(20)21-17-11-8-7-9-12-17/h7-9,11-12,16H,5-6,10,13-15H2,1-4H3. The van der Waals surface area contributed by atoms with Crippen LogP contribution in [0, 0.1) is 11.3 Å². The van der Waals surface area contributed by atoms with Gasteiger partial charge < -0.3 is 4.74 Å². The van der Waals surface area contributed by atoms with Crippen molar-refractivity contribution in [3.8, 4) is 5.75 Å². The van der Waals surface area contributed by atoms with Crippen LogP contribution in [-0.2, 0) is 4.79 Å². The van der Waals surface area contributed by atoms with Crippen molar-refractivity contribution in [2.24, 2.45) is 11.3 Å². The Morgan fingerprint density at radius 3 is 2.43 bits per heavy atom. The van der Waals surface area contributed by atoms with E-state index in [0.29, 0.717) is 11.2 Å². The molecule has 0 spiro atoms. The molecule has 0 aromatic heterocycles. The van der Waals surface area contributed by atoms with Crippen LogP contribution in [0.3, 0.4) is 0 Å². The van der Waals surface area contributed by atoms with Crippen molar-refractivity contribution in [2.45, 2.75) is 66.2 Å². The molecule has 0 N–H and O–H groups in total. The lowest BCUT2D eigenvalue weighted by molar-refractivity contribution is -0.138. The molecule has 21 heavy (non-hydrogen) atoms. The lowest BCUT2D eigenvalue weighted by atomic mass is 9.80. The fraction of sp³-hybridized carbons (Fsp3) is 0.632. The Morgan fingerprint density at radius 2 is 1.81 bits per heavy atom. The maximum absolute atomic E-state index is 12.1. The number of carbonyl (C=O) groups is 1. The lowest BCUT2D eigenvalue weighted by Gasteiger charge is -2.25. The lowest BCUT2D eigenvalue weighted by Crippen LogP contribution is -2.21. The summed E-state index contributed by atoms with van der Waals surface area (Å²) < 4.78 is 5.40. The van der Waals surface area contributed by atoms with Gasteiger partial charge in [0.1, 0.15) is 5.75 Å². The number of esters is 1. The highest BCUT2D eigenvalue weighted by Gasteiger charge is 2.22. The molecule has 1 aromatic carbocycles. The van der Waals surface area contributed by atoms with E-state index in [1.165, 1.54) is 25.7 Å². The molecule has 1 aromatic rings. The second kappa shape index (κ2) is 8.86. The molecule has 2 heteroatoms. The smallest absolute Gasteiger partial charge is 0.314 e. The first-order chi connectivity index (χ1) is 9.94. The predicted octanol–water partition coefficient (Wildman–Crippen LogP) is 5.61. The molecule has 0 fully saturated rings. The molecule has 0 bridgehead atoms. The topological polar surface area (TPSA) is 26.3 Å². The van der Waals surface area contributed by atoms with Gasteiger partial charge in [-0.25, -0.2) is 0 Å². The number of unbranched alkanes of at least 4 members (excludes halogenated alkanes) is 2. The molecule has 0 aliphatic rings. The zero-order chi connectivity index (χ0) is 15.7. The van der Waals surface area contributed by atoms with Gasteiger partial charge in [-0.15, -0.1) is 0 Å². The molecule has 0 heterocycles. The molecule has 0 aliphatic carbocycles. The van der Waals surface area contributed by atoms with Crippen LogP contribution >= 0.6 is 0 Å². The second-order valence-corrected chi connectivity index (χ2v) is 6.80. The van der Waals surface area contributed by atoms with Crippen LogP contribution in [0.4, 0.5) is 0 Å². The minimum atomic E-state index is -0.120. The number of benzene rings is 1. The Labute approximate surface area is 129 Å². The molecular weight excluding hydrogens is 260 g/mol. The maximum atomic E-state index is 12.1. The van der Waals surface area contributed by atoms with Crippen molar-refractivity contribution in [3.63, 3.8) is 0 Å². The first-order valence-corrected chi connectivity index (χ1v) is 8.21. The fourth-order valence-electron chi connectivity index (χ4n) is 2.41. The summed E-state index contributed by atoms with van der Waals surface area (Å²) in [5.74, 6) is 0.470. The highest BCUT2D eigenvalue weighted by Crippen LogP contribution is 2.31. The zero-order valence-corrected chi connectivity index (χ0v) is 14.0. The average Bonchev–Trinajstić information content (AvgIpc) is 2.46. The molecular formula is C19H30O2. The molecule has 0 amide bonds. The van der Waals surface area contributed by atoms with Crippen LogP contribution in [0.5, 0.6) is 5.75 Å². The normalized spacial score (nSPS) is 13.0. The van der Waals surface area contributed by atoms with E-state index < -0.39 is 0 Å². The van der Waals surface area contributed by atoms with Gasteiger partial charge in [-0.2, -0.15) is 0 Å². The summed E-state index contributed by atoms with van der Waals surface area (Å²) in [5.41, 5.74) is 0.316. The zero-order valence-electron chi connectivity index (χ0n) is 14.0. The predicted molar refractivity (Wildman–Crippen MR) is 88.4 cm³/mol. The number of ether oxygens (including phenoxy) is 1. The second-order valence-electron chi connectivity index (χ2n) is 6.80. The van der Waals surface area contributed by atoms with Gasteiger partial charge in [0.25, 0.3) is 0 Å². The monoisotopic (exact) mass is 290 g/mol. The quantitative estimate of drug-likeness (QED) is 0.335. The van der Waals surface area contributed by atoms with Crippen molar-refractivity contribution < 1.29 is 9.53 Å². The van der Waals surface area contributed by atoms with E-state index in [1.54, 1.807) is 0 Å². The molecule has 2 nitrogen and oxygen atoms in total. The summed E-state index contributed by atoms with van der Waals surface area (Å²) in [7, 11) is 0. The number of carbonyl (C=O) groups excluding carboxylic acids is 1. The third-order valence-electron chi connectivity index (χ3n) is 4.08. The molecule has 118 valence electrons. The van der Waals surface area contributed by atoms with Crippen molar-refractivity contribution in [3.05, 3.63) is 30.3 Å². The van der Waals surface area contributed by atoms with Crippen molar-refractivity contribution >= 4 is 5.97 Å². The summed E-state index contributed by atoms with van der Waals surface area (Å²) in [6.07, 6.45) is 7.05. The fourth-order valence-corrected chi connectivity index (χ4v) is 2.41. The third-order valence-corrected chi connectivity index (χ3v) is 4.08. The van der Waals surface area contributed by atoms with Crippen LogP contribution in [0.1, 0.15) is 66.2 Å². The van der Waals surface area contributed by atoms with Crippen LogP contribution in [0.15, 0.2) is 30.3 Å². The minimum absolute atomic E-state index is 0.0457. The molecule has 1 rings (SSSR count). The van der Waals surface area contributed by atoms with Gasteiger partial charge in [0.15, 0.2) is 0 Å². The first kappa shape index (κ1) is 17.7. The van der Waals surface area contributed by atoms with Crippen molar-refractivity contribution in [2.75, 3.05) is 0 Å². The highest BCUT2D eigenvalue weighted by molar-refractivity contribution is 5.74. The van der Waals surface area contributed by atoms with Gasteiger partial charge in [-0.3, -0.25) is 4.79 Å². The number of hydrogen-bond donors (Lipinski definition) is 0. The van der Waals surface area contributed by atoms with E-state index in [9.17, 15) is 4.79 Å². The van der Waals surface area contributed by atoms with Crippen LogP contribution < -0.4 is 4.74 Å². The highest BCUT2D eigenvalue weighted by atomic mass is 16.5. The largest absolute Gasteiger partial charge is 0.426 e. The summed E-state index contributed by atoms with van der Waals surface area (Å²) >= 11 is 0. The van der Waals surface area contributed by atoms with Gasteiger partial charge in [-0.05, 0) is 36.8 Å². The molecule has 0 saturated heterocycles. The van der Waals surface area contributed by atoms with Gasteiger partial charge >= 0.3 is 5.97 Å². The van der Waals surface area contributed by atoms with Crippen LogP contribution in [0.25, 0.3) is 0 Å². The SMILES string of the molecule is CCCCCC(C)(C)CCC(C)C(=O)Oc1ccccc1. The maximum Gasteiger partial charge on any atom is 0.314 e. The summed E-state index contributed by atoms with van der Waals surface area (Å²) in [6, 6.07) is 9.31. The molecule has 0 aliphatic heterocycles. The van der Waals surface area contributed by atoms with Gasteiger partial charge in [-0.1, -0.05) is 65.2 Å². The third kappa shape index (κ3) is 7.31. The number of rotatable bonds is 9. The Morgan fingerprint density at radius 1 is 1.14 bits per heavy atom. The first-order valence-electron chi connectivity index (χ1n) is 8.21.